The third-order valence-corrected chi connectivity index (χ3v) is 16.6. The van der Waals surface area contributed by atoms with Crippen LogP contribution in [-0.4, -0.2) is 37.2 Å². The van der Waals surface area contributed by atoms with E-state index in [0.29, 0.717) is 19.3 Å². The van der Waals surface area contributed by atoms with Gasteiger partial charge in [-0.2, -0.15) is 0 Å². The Kier molecular flexibility index (Phi) is 68.1. The molecule has 0 aromatic heterocycles. The summed E-state index contributed by atoms with van der Waals surface area (Å²) >= 11 is 0. The predicted molar refractivity (Wildman–Crippen MR) is 353 cm³/mol. The Hall–Kier alpha value is -2.37. The lowest BCUT2D eigenvalue weighted by atomic mass is 10.0. The maximum absolute atomic E-state index is 13.0. The number of allylic oxidation sites excluding steroid dienone is 6. The van der Waals surface area contributed by atoms with Crippen molar-refractivity contribution in [2.24, 2.45) is 0 Å². The normalized spacial score (nSPS) is 12.2. The third-order valence-electron chi connectivity index (χ3n) is 16.6. The van der Waals surface area contributed by atoms with Gasteiger partial charge in [0.05, 0.1) is 0 Å². The van der Waals surface area contributed by atoms with Gasteiger partial charge in [-0.15, -0.1) is 0 Å². The summed E-state index contributed by atoms with van der Waals surface area (Å²) in [6.45, 7) is 6.69. The van der Waals surface area contributed by atoms with E-state index in [-0.39, 0.29) is 31.1 Å². The van der Waals surface area contributed by atoms with E-state index >= 15 is 0 Å². The van der Waals surface area contributed by atoms with Gasteiger partial charge < -0.3 is 14.2 Å². The van der Waals surface area contributed by atoms with E-state index in [1.807, 2.05) is 0 Å². The van der Waals surface area contributed by atoms with Gasteiger partial charge in [0, 0.05) is 19.3 Å². The van der Waals surface area contributed by atoms with E-state index in [9.17, 15) is 14.4 Å². The molecule has 0 fully saturated rings. The van der Waals surface area contributed by atoms with Crippen molar-refractivity contribution in [3.63, 3.8) is 0 Å². The molecule has 0 aromatic carbocycles. The van der Waals surface area contributed by atoms with Crippen LogP contribution in [0.25, 0.3) is 0 Å². The topological polar surface area (TPSA) is 78.9 Å². The molecule has 0 heterocycles. The van der Waals surface area contributed by atoms with Gasteiger partial charge >= 0.3 is 17.9 Å². The molecule has 6 heteroatoms. The predicted octanol–water partition coefficient (Wildman–Crippen LogP) is 25.1. The second-order valence-electron chi connectivity index (χ2n) is 24.9. The zero-order chi connectivity index (χ0) is 58.5. The van der Waals surface area contributed by atoms with Gasteiger partial charge in [-0.3, -0.25) is 14.4 Å². The minimum atomic E-state index is -0.779. The Morgan fingerprint density at radius 1 is 0.247 bits per heavy atom. The number of carbonyl (C=O) groups excluding carboxylic acids is 3. The summed E-state index contributed by atoms with van der Waals surface area (Å²) in [6.07, 6.45) is 87.5. The minimum Gasteiger partial charge on any atom is -0.462 e. The van der Waals surface area contributed by atoms with Crippen LogP contribution in [0.3, 0.4) is 0 Å². The first kappa shape index (κ1) is 78.6. The number of hydrogen-bond donors (Lipinski definition) is 0. The molecule has 0 aliphatic heterocycles. The summed E-state index contributed by atoms with van der Waals surface area (Å²) in [5.74, 6) is -0.859. The molecule has 1 unspecified atom stereocenters. The van der Waals surface area contributed by atoms with Crippen molar-refractivity contribution >= 4 is 17.9 Å². The fourth-order valence-electron chi connectivity index (χ4n) is 11.1. The number of unbranched alkanes of at least 4 members (excludes halogenated alkanes) is 51. The monoisotopic (exact) mass is 1140 g/mol. The Balaban J connectivity index is 4.27. The van der Waals surface area contributed by atoms with Gasteiger partial charge in [0.1, 0.15) is 13.2 Å². The van der Waals surface area contributed by atoms with Gasteiger partial charge in [0.2, 0.25) is 0 Å². The fourth-order valence-corrected chi connectivity index (χ4v) is 11.1. The summed E-state index contributed by atoms with van der Waals surface area (Å²) < 4.78 is 17.0. The van der Waals surface area contributed by atoms with Crippen LogP contribution in [0.5, 0.6) is 0 Å². The number of carbonyl (C=O) groups is 3. The van der Waals surface area contributed by atoms with E-state index in [4.69, 9.17) is 14.2 Å². The van der Waals surface area contributed by atoms with Crippen LogP contribution in [0.2, 0.25) is 0 Å². The Morgan fingerprint density at radius 2 is 0.444 bits per heavy atom. The average molecular weight is 1140 g/mol. The molecule has 0 saturated heterocycles. The fraction of sp³-hybridized carbons (Fsp3) is 0.880. The lowest BCUT2D eigenvalue weighted by Crippen LogP contribution is -2.30. The van der Waals surface area contributed by atoms with Crippen LogP contribution in [0.15, 0.2) is 36.5 Å². The molecule has 0 bridgehead atoms. The number of rotatable bonds is 68. The molecule has 81 heavy (non-hydrogen) atoms. The Bertz CT molecular complexity index is 1350. The van der Waals surface area contributed by atoms with E-state index < -0.39 is 6.10 Å². The van der Waals surface area contributed by atoms with Crippen LogP contribution in [0.4, 0.5) is 0 Å². The van der Waals surface area contributed by atoms with Crippen molar-refractivity contribution in [3.8, 4) is 0 Å². The lowest BCUT2D eigenvalue weighted by Gasteiger charge is -2.18. The summed E-state index contributed by atoms with van der Waals surface area (Å²) in [5.41, 5.74) is 0. The minimum absolute atomic E-state index is 0.0727. The van der Waals surface area contributed by atoms with E-state index in [0.717, 1.165) is 77.0 Å². The average Bonchev–Trinajstić information content (AvgIpc) is 3.47. The maximum atomic E-state index is 13.0. The Morgan fingerprint density at radius 3 is 0.704 bits per heavy atom. The highest BCUT2D eigenvalue weighted by molar-refractivity contribution is 5.71. The first-order valence-electron chi connectivity index (χ1n) is 36.5. The number of ether oxygens (including phenoxy) is 3. The molecule has 0 saturated carbocycles. The summed E-state index contributed by atoms with van der Waals surface area (Å²) in [4.78, 5) is 38.5. The number of esters is 3. The van der Waals surface area contributed by atoms with E-state index in [2.05, 4.69) is 57.2 Å². The van der Waals surface area contributed by atoms with Gasteiger partial charge in [-0.25, -0.2) is 0 Å². The second kappa shape index (κ2) is 70.1. The zero-order valence-corrected chi connectivity index (χ0v) is 54.8. The summed E-state index contributed by atoms with van der Waals surface area (Å²) in [7, 11) is 0. The van der Waals surface area contributed by atoms with Crippen molar-refractivity contribution < 1.29 is 28.6 Å². The van der Waals surface area contributed by atoms with E-state index in [1.54, 1.807) is 0 Å². The molecule has 0 amide bonds. The van der Waals surface area contributed by atoms with Crippen LogP contribution in [-0.2, 0) is 28.6 Å². The van der Waals surface area contributed by atoms with Crippen LogP contribution in [0, 0.1) is 0 Å². The van der Waals surface area contributed by atoms with Gasteiger partial charge in [0.25, 0.3) is 0 Å². The molecular weight excluding hydrogens is 997 g/mol. The summed E-state index contributed by atoms with van der Waals surface area (Å²) in [5, 5.41) is 0. The standard InChI is InChI=1S/C75H140O6/c1-4-7-10-13-16-19-22-25-28-31-33-35-36-37-38-39-41-42-44-47-50-53-56-59-62-65-68-74(77)80-71-72(70-79-73(76)67-64-61-58-55-52-49-46-30-27-24-21-18-15-12-9-6-3)81-75(78)69-66-63-60-57-54-51-48-45-43-40-34-32-29-26-23-20-17-14-11-8-5-2/h21,24,30,32,34,46,72H,4-20,22-23,25-29,31,33,35-45,47-71H2,1-3H3/b24-21-,34-32-,46-30-. The molecule has 6 nitrogen and oxygen atoms in total. The first-order valence-corrected chi connectivity index (χ1v) is 36.5. The second-order valence-corrected chi connectivity index (χ2v) is 24.9. The van der Waals surface area contributed by atoms with Gasteiger partial charge in [-0.1, -0.05) is 346 Å². The molecule has 0 aromatic rings. The SMILES string of the molecule is CCCCCC/C=C\C/C=C\CCCCCCCC(=O)OCC(COC(=O)CCCCCCCCCCCCCCCCCCCCCCCCCCCC)OC(=O)CCCCCCCCCCC/C=C\CCCCCCCCCC. The molecular formula is C75H140O6. The highest BCUT2D eigenvalue weighted by Crippen LogP contribution is 2.19. The van der Waals surface area contributed by atoms with E-state index in [1.165, 1.54) is 289 Å². The summed E-state index contributed by atoms with van der Waals surface area (Å²) in [6, 6.07) is 0. The molecule has 0 radical (unpaired) electrons. The molecule has 1 atom stereocenters. The van der Waals surface area contributed by atoms with Crippen LogP contribution >= 0.6 is 0 Å². The molecule has 476 valence electrons. The number of hydrogen-bond acceptors (Lipinski definition) is 6. The molecule has 0 N–H and O–H groups in total. The van der Waals surface area contributed by atoms with Crippen molar-refractivity contribution in [2.45, 2.75) is 412 Å². The van der Waals surface area contributed by atoms with Gasteiger partial charge in [0.15, 0.2) is 6.10 Å². The Labute approximate surface area is 506 Å². The lowest BCUT2D eigenvalue weighted by molar-refractivity contribution is -0.167. The van der Waals surface area contributed by atoms with Crippen molar-refractivity contribution in [3.05, 3.63) is 36.5 Å². The molecule has 0 rings (SSSR count). The van der Waals surface area contributed by atoms with Crippen molar-refractivity contribution in [2.75, 3.05) is 13.2 Å². The highest BCUT2D eigenvalue weighted by Gasteiger charge is 2.19. The van der Waals surface area contributed by atoms with Gasteiger partial charge in [-0.05, 0) is 77.0 Å². The van der Waals surface area contributed by atoms with Crippen molar-refractivity contribution in [1.29, 1.82) is 0 Å². The zero-order valence-electron chi connectivity index (χ0n) is 54.8. The molecule has 0 spiro atoms. The van der Waals surface area contributed by atoms with Crippen LogP contribution in [0.1, 0.15) is 406 Å². The quantitative estimate of drug-likeness (QED) is 0.0261. The van der Waals surface area contributed by atoms with Crippen LogP contribution < -0.4 is 0 Å². The van der Waals surface area contributed by atoms with Crippen molar-refractivity contribution in [1.82, 2.24) is 0 Å². The first-order chi connectivity index (χ1) is 40.0. The third kappa shape index (κ3) is 68.3. The largest absolute Gasteiger partial charge is 0.462 e. The molecule has 0 aliphatic rings. The maximum Gasteiger partial charge on any atom is 0.306 e. The highest BCUT2D eigenvalue weighted by atomic mass is 16.6. The molecule has 0 aliphatic carbocycles. The smallest absolute Gasteiger partial charge is 0.306 e.